The van der Waals surface area contributed by atoms with Crippen molar-refractivity contribution in [2.24, 2.45) is 0 Å². The SMILES string of the molecule is Cc1nc(C(=O)N2CCOC3(CCN(CCc4ccc(CNC[C@H](O)c5ccc(O)c6[nH]c(=O)sc56)s4)CC3)C2)cs1. The fraction of sp³-hybridized carbons (Fsp3) is 0.483. The van der Waals surface area contributed by atoms with Crippen LogP contribution in [0.2, 0.25) is 0 Å². The van der Waals surface area contributed by atoms with Gasteiger partial charge in [-0.25, -0.2) is 4.98 Å². The maximum Gasteiger partial charge on any atom is 0.305 e. The van der Waals surface area contributed by atoms with Crippen molar-refractivity contribution in [1.82, 2.24) is 25.1 Å². The average molecular weight is 630 g/mol. The Balaban J connectivity index is 0.944. The number of carbonyl (C=O) groups is 1. The Labute approximate surface area is 255 Å². The maximum atomic E-state index is 13.0. The molecule has 1 spiro atoms. The van der Waals surface area contributed by atoms with Crippen LogP contribution in [0.1, 0.15) is 49.8 Å². The number of rotatable bonds is 9. The van der Waals surface area contributed by atoms with Gasteiger partial charge in [0.1, 0.15) is 17.0 Å². The lowest BCUT2D eigenvalue weighted by Crippen LogP contribution is -2.58. The summed E-state index contributed by atoms with van der Waals surface area (Å²) in [4.78, 5) is 38.4. The molecule has 0 bridgehead atoms. The van der Waals surface area contributed by atoms with Crippen LogP contribution in [0.15, 0.2) is 34.4 Å². The molecule has 4 aromatic rings. The first-order chi connectivity index (χ1) is 20.3. The molecule has 0 aliphatic carbocycles. The van der Waals surface area contributed by atoms with Crippen LogP contribution in [-0.2, 0) is 17.7 Å². The lowest BCUT2D eigenvalue weighted by molar-refractivity contribution is -0.127. The van der Waals surface area contributed by atoms with Gasteiger partial charge in [0, 0.05) is 60.0 Å². The van der Waals surface area contributed by atoms with Crippen molar-refractivity contribution in [1.29, 1.82) is 0 Å². The third-order valence-corrected chi connectivity index (χ3v) is 11.0. The van der Waals surface area contributed by atoms with E-state index in [2.05, 4.69) is 32.3 Å². The number of benzene rings is 1. The summed E-state index contributed by atoms with van der Waals surface area (Å²) < 4.78 is 6.85. The molecule has 42 heavy (non-hydrogen) atoms. The number of aromatic amines is 1. The fourth-order valence-corrected chi connectivity index (χ4v) is 8.27. The summed E-state index contributed by atoms with van der Waals surface area (Å²) in [5.41, 5.74) is 1.29. The zero-order chi connectivity index (χ0) is 29.3. The van der Waals surface area contributed by atoms with Crippen LogP contribution in [0.3, 0.4) is 0 Å². The standard InChI is InChI=1S/C29H35N5O5S3/c1-18-31-22(16-40-18)27(37)34-12-13-39-29(17-34)7-10-33(11-8-29)9-6-19-2-3-20(41-19)14-30-15-24(36)21-4-5-23(35)25-26(21)42-28(38)32-25/h2-5,16,24,30,35-36H,6-15,17H2,1H3,(H,32,38)/t24-/m0/s1. The van der Waals surface area contributed by atoms with E-state index in [-0.39, 0.29) is 22.1 Å². The number of piperidine rings is 1. The predicted molar refractivity (Wildman–Crippen MR) is 166 cm³/mol. The number of likely N-dealkylation sites (tertiary alicyclic amines) is 1. The molecule has 2 aliphatic rings. The van der Waals surface area contributed by atoms with Crippen molar-refractivity contribution in [3.63, 3.8) is 0 Å². The number of ether oxygens (including phenoxy) is 1. The van der Waals surface area contributed by atoms with Gasteiger partial charge in [-0.1, -0.05) is 17.4 Å². The molecule has 4 N–H and O–H groups in total. The van der Waals surface area contributed by atoms with E-state index in [1.54, 1.807) is 17.4 Å². The quantitative estimate of drug-likeness (QED) is 0.221. The minimum atomic E-state index is -0.795. The molecule has 2 fully saturated rings. The lowest BCUT2D eigenvalue weighted by Gasteiger charge is -2.47. The van der Waals surface area contributed by atoms with Crippen LogP contribution >= 0.6 is 34.0 Å². The van der Waals surface area contributed by atoms with Gasteiger partial charge in [-0.15, -0.1) is 22.7 Å². The van der Waals surface area contributed by atoms with E-state index in [1.807, 2.05) is 17.2 Å². The summed E-state index contributed by atoms with van der Waals surface area (Å²) in [6.45, 7) is 7.62. The van der Waals surface area contributed by atoms with Gasteiger partial charge in [0.25, 0.3) is 5.91 Å². The van der Waals surface area contributed by atoms with Gasteiger partial charge in [0.2, 0.25) is 0 Å². The van der Waals surface area contributed by atoms with E-state index >= 15 is 0 Å². The number of amides is 1. The van der Waals surface area contributed by atoms with E-state index in [1.165, 1.54) is 27.2 Å². The predicted octanol–water partition coefficient (Wildman–Crippen LogP) is 3.49. The van der Waals surface area contributed by atoms with Crippen LogP contribution in [-0.4, -0.2) is 87.4 Å². The summed E-state index contributed by atoms with van der Waals surface area (Å²) in [7, 11) is 0. The molecule has 0 unspecified atom stereocenters. The van der Waals surface area contributed by atoms with Crippen LogP contribution in [0.5, 0.6) is 5.75 Å². The number of hydrogen-bond acceptors (Lipinski definition) is 11. The smallest absolute Gasteiger partial charge is 0.305 e. The Morgan fingerprint density at radius 3 is 2.79 bits per heavy atom. The number of phenols is 1. The van der Waals surface area contributed by atoms with Crippen LogP contribution < -0.4 is 10.2 Å². The number of hydrogen-bond donors (Lipinski definition) is 4. The number of aromatic nitrogens is 2. The number of phenolic OH excluding ortho intramolecular Hbond substituents is 1. The van der Waals surface area contributed by atoms with Crippen molar-refractivity contribution in [3.05, 3.63) is 65.3 Å². The normalized spacial score (nSPS) is 18.2. The molecule has 6 rings (SSSR count). The van der Waals surface area contributed by atoms with Crippen molar-refractivity contribution < 1.29 is 19.7 Å². The molecule has 5 heterocycles. The molecule has 1 atom stereocenters. The molecule has 1 amide bonds. The summed E-state index contributed by atoms with van der Waals surface area (Å²) in [6.07, 6.45) is 2.02. The van der Waals surface area contributed by atoms with Gasteiger partial charge in [-0.2, -0.15) is 0 Å². The van der Waals surface area contributed by atoms with Gasteiger partial charge in [0.05, 0.1) is 34.6 Å². The van der Waals surface area contributed by atoms with E-state index in [0.29, 0.717) is 54.3 Å². The first-order valence-corrected chi connectivity index (χ1v) is 16.7. The molecule has 2 saturated heterocycles. The molecule has 0 radical (unpaired) electrons. The first-order valence-electron chi connectivity index (χ1n) is 14.2. The Bertz CT molecular complexity index is 1600. The minimum absolute atomic E-state index is 0.00510. The second-order valence-electron chi connectivity index (χ2n) is 11.0. The Morgan fingerprint density at radius 2 is 2.00 bits per heavy atom. The first kappa shape index (κ1) is 29.4. The average Bonchev–Trinajstić information content (AvgIpc) is 3.73. The summed E-state index contributed by atoms with van der Waals surface area (Å²) in [6, 6.07) is 7.48. The number of nitrogens with zero attached hydrogens (tertiary/aromatic N) is 3. The summed E-state index contributed by atoms with van der Waals surface area (Å²) in [5, 5.41) is 26.8. The highest BCUT2D eigenvalue weighted by atomic mass is 32.1. The molecule has 13 heteroatoms. The molecule has 10 nitrogen and oxygen atoms in total. The zero-order valence-electron chi connectivity index (χ0n) is 23.4. The number of thiophene rings is 1. The monoisotopic (exact) mass is 629 g/mol. The van der Waals surface area contributed by atoms with Crippen LogP contribution in [0, 0.1) is 6.92 Å². The van der Waals surface area contributed by atoms with Gasteiger partial charge >= 0.3 is 4.87 Å². The molecule has 224 valence electrons. The molecular weight excluding hydrogens is 595 g/mol. The largest absolute Gasteiger partial charge is 0.506 e. The Morgan fingerprint density at radius 1 is 1.19 bits per heavy atom. The van der Waals surface area contributed by atoms with Crippen molar-refractivity contribution in [2.75, 3.05) is 45.9 Å². The third-order valence-electron chi connectivity index (χ3n) is 8.12. The number of carbonyl (C=O) groups excluding carboxylic acids is 1. The number of fused-ring (bicyclic) bond motifs is 1. The highest BCUT2D eigenvalue weighted by molar-refractivity contribution is 7.16. The maximum absolute atomic E-state index is 13.0. The van der Waals surface area contributed by atoms with Crippen molar-refractivity contribution in [2.45, 2.75) is 44.4 Å². The molecule has 2 aliphatic heterocycles. The second-order valence-corrected chi connectivity index (χ2v) is 14.3. The number of nitrogens with one attached hydrogen (secondary N) is 2. The number of morpholine rings is 1. The fourth-order valence-electron chi connectivity index (χ4n) is 5.79. The number of H-pyrrole nitrogens is 1. The third kappa shape index (κ3) is 6.47. The van der Waals surface area contributed by atoms with Crippen molar-refractivity contribution >= 4 is 50.1 Å². The number of aliphatic hydroxyl groups excluding tert-OH is 1. The summed E-state index contributed by atoms with van der Waals surface area (Å²) >= 11 is 4.28. The van der Waals surface area contributed by atoms with Gasteiger partial charge in [-0.05, 0) is 44.4 Å². The van der Waals surface area contributed by atoms with Gasteiger partial charge in [0.15, 0.2) is 0 Å². The highest BCUT2D eigenvalue weighted by Crippen LogP contribution is 2.32. The van der Waals surface area contributed by atoms with E-state index in [0.717, 1.165) is 55.2 Å². The minimum Gasteiger partial charge on any atom is -0.506 e. The Kier molecular flexibility index (Phi) is 8.78. The molecule has 3 aromatic heterocycles. The van der Waals surface area contributed by atoms with Crippen LogP contribution in [0.25, 0.3) is 10.2 Å². The molecule has 1 aromatic carbocycles. The number of aromatic hydroxyl groups is 1. The van der Waals surface area contributed by atoms with Gasteiger partial charge in [-0.3, -0.25) is 9.59 Å². The lowest BCUT2D eigenvalue weighted by atomic mass is 9.89. The number of aryl methyl sites for hydroxylation is 1. The van der Waals surface area contributed by atoms with E-state index in [4.69, 9.17) is 4.74 Å². The number of thiazole rings is 2. The molecular formula is C29H35N5O5S3. The Hall–Kier alpha value is -2.65. The van der Waals surface area contributed by atoms with E-state index < -0.39 is 6.10 Å². The second kappa shape index (κ2) is 12.5. The van der Waals surface area contributed by atoms with Crippen LogP contribution in [0.4, 0.5) is 0 Å². The highest BCUT2D eigenvalue weighted by Gasteiger charge is 2.41. The van der Waals surface area contributed by atoms with Crippen molar-refractivity contribution in [3.8, 4) is 5.75 Å². The molecule has 0 saturated carbocycles. The topological polar surface area (TPSA) is 131 Å². The number of aliphatic hydroxyl groups is 1. The van der Waals surface area contributed by atoms with E-state index in [9.17, 15) is 19.8 Å². The summed E-state index contributed by atoms with van der Waals surface area (Å²) in [5.74, 6) is 0.0177. The zero-order valence-corrected chi connectivity index (χ0v) is 25.9. The van der Waals surface area contributed by atoms with Gasteiger partial charge < -0.3 is 35.1 Å².